The molecule has 132 valence electrons. The second-order valence-corrected chi connectivity index (χ2v) is 6.61. The Hall–Kier alpha value is -1.40. The number of hydrogen-bond acceptors (Lipinski definition) is 5. The first-order chi connectivity index (χ1) is 11.6. The molecule has 1 aromatic carbocycles. The van der Waals surface area contributed by atoms with E-state index in [1.807, 2.05) is 31.2 Å². The van der Waals surface area contributed by atoms with E-state index in [2.05, 4.69) is 6.58 Å². The summed E-state index contributed by atoms with van der Waals surface area (Å²) < 4.78 is 11.6. The molecule has 0 amide bonds. The summed E-state index contributed by atoms with van der Waals surface area (Å²) in [4.78, 5) is 11.2. The Kier molecular flexibility index (Phi) is 5.56. The summed E-state index contributed by atoms with van der Waals surface area (Å²) in [6, 6.07) is 7.58. The number of benzene rings is 1. The van der Waals surface area contributed by atoms with Crippen LogP contribution >= 0.6 is 0 Å². The van der Waals surface area contributed by atoms with Gasteiger partial charge < -0.3 is 14.6 Å². The second kappa shape index (κ2) is 7.66. The van der Waals surface area contributed by atoms with Crippen LogP contribution in [0.25, 0.3) is 5.57 Å². The number of aliphatic hydroxyl groups excluding tert-OH is 1. The highest BCUT2D eigenvalue weighted by atomic mass is 17.2. The molecule has 3 rings (SSSR count). The molecule has 1 aromatic rings. The first-order valence-corrected chi connectivity index (χ1v) is 8.67. The van der Waals surface area contributed by atoms with Crippen LogP contribution in [0, 0.1) is 0 Å². The van der Waals surface area contributed by atoms with E-state index < -0.39 is 5.79 Å². The summed E-state index contributed by atoms with van der Waals surface area (Å²) in [7, 11) is 0. The molecule has 1 spiro atoms. The van der Waals surface area contributed by atoms with Crippen LogP contribution in [0.1, 0.15) is 44.6 Å². The van der Waals surface area contributed by atoms with Crippen molar-refractivity contribution in [3.05, 3.63) is 36.4 Å². The zero-order valence-electron chi connectivity index (χ0n) is 14.2. The van der Waals surface area contributed by atoms with Crippen molar-refractivity contribution in [1.29, 1.82) is 0 Å². The summed E-state index contributed by atoms with van der Waals surface area (Å²) in [6.07, 6.45) is 4.71. The highest BCUT2D eigenvalue weighted by molar-refractivity contribution is 5.67. The Bertz CT molecular complexity index is 537. The number of rotatable bonds is 5. The first-order valence-electron chi connectivity index (χ1n) is 8.67. The first kappa shape index (κ1) is 17.4. The molecule has 1 N–H and O–H groups in total. The molecule has 2 fully saturated rings. The van der Waals surface area contributed by atoms with E-state index in [1.54, 1.807) is 0 Å². The van der Waals surface area contributed by atoms with Crippen LogP contribution in [0.5, 0.6) is 5.75 Å². The minimum atomic E-state index is -0.548. The highest BCUT2D eigenvalue weighted by Crippen LogP contribution is 2.37. The molecular formula is C19H26O5. The van der Waals surface area contributed by atoms with E-state index in [1.165, 1.54) is 6.42 Å². The summed E-state index contributed by atoms with van der Waals surface area (Å²) in [5.74, 6) is 0.166. The maximum Gasteiger partial charge on any atom is 0.201 e. The topological polar surface area (TPSA) is 57.2 Å². The van der Waals surface area contributed by atoms with Crippen molar-refractivity contribution in [1.82, 2.24) is 0 Å². The highest BCUT2D eigenvalue weighted by Gasteiger charge is 2.41. The Morgan fingerprint density at radius 2 is 2.00 bits per heavy atom. The molecule has 1 aliphatic carbocycles. The quantitative estimate of drug-likeness (QED) is 0.836. The zero-order valence-corrected chi connectivity index (χ0v) is 14.2. The molecule has 2 aliphatic rings. The average molecular weight is 334 g/mol. The van der Waals surface area contributed by atoms with Gasteiger partial charge in [0.25, 0.3) is 0 Å². The van der Waals surface area contributed by atoms with Gasteiger partial charge in [-0.2, -0.15) is 0 Å². The Labute approximate surface area is 143 Å². The Morgan fingerprint density at radius 3 is 2.58 bits per heavy atom. The van der Waals surface area contributed by atoms with Crippen molar-refractivity contribution in [3.63, 3.8) is 0 Å². The molecule has 0 aromatic heterocycles. The van der Waals surface area contributed by atoms with Crippen LogP contribution < -0.4 is 4.74 Å². The van der Waals surface area contributed by atoms with Gasteiger partial charge in [0.2, 0.25) is 5.79 Å². The Morgan fingerprint density at radius 1 is 1.29 bits per heavy atom. The lowest BCUT2D eigenvalue weighted by atomic mass is 9.94. The molecule has 0 bridgehead atoms. The Balaban J connectivity index is 1.57. The summed E-state index contributed by atoms with van der Waals surface area (Å²) >= 11 is 0. The van der Waals surface area contributed by atoms with Gasteiger partial charge in [0.15, 0.2) is 0 Å². The monoisotopic (exact) mass is 334 g/mol. The van der Waals surface area contributed by atoms with E-state index in [0.29, 0.717) is 12.4 Å². The summed E-state index contributed by atoms with van der Waals surface area (Å²) in [5.41, 5.74) is 1.78. The third kappa shape index (κ3) is 3.98. The van der Waals surface area contributed by atoms with Crippen molar-refractivity contribution in [2.75, 3.05) is 13.2 Å². The molecule has 5 heteroatoms. The van der Waals surface area contributed by atoms with Gasteiger partial charge in [-0.25, -0.2) is 9.78 Å². The molecule has 1 aliphatic heterocycles. The van der Waals surface area contributed by atoms with Crippen LogP contribution in [0.2, 0.25) is 0 Å². The van der Waals surface area contributed by atoms with Gasteiger partial charge in [-0.15, -0.1) is 0 Å². The molecule has 1 saturated heterocycles. The normalized spacial score (nSPS) is 24.5. The molecule has 2 atom stereocenters. The fraction of sp³-hybridized carbons (Fsp3) is 0.579. The molecule has 5 nitrogen and oxygen atoms in total. The molecule has 24 heavy (non-hydrogen) atoms. The fourth-order valence-electron chi connectivity index (χ4n) is 3.10. The van der Waals surface area contributed by atoms with E-state index in [9.17, 15) is 0 Å². The maximum atomic E-state index is 9.03. The van der Waals surface area contributed by atoms with E-state index in [4.69, 9.17) is 24.4 Å². The maximum absolute atomic E-state index is 9.03. The molecular weight excluding hydrogens is 308 g/mol. The standard InChI is InChI=1S/C19H26O5/c1-14(12-20)22-17-8-6-16(7-9-17)15(2)18-13-21-19(24-23-18)10-4-3-5-11-19/h6-9,14,18,20H,2-5,10-13H2,1H3. The van der Waals surface area contributed by atoms with Crippen molar-refractivity contribution in [2.24, 2.45) is 0 Å². The second-order valence-electron chi connectivity index (χ2n) is 6.61. The van der Waals surface area contributed by atoms with Crippen molar-refractivity contribution < 1.29 is 24.4 Å². The van der Waals surface area contributed by atoms with Gasteiger partial charge >= 0.3 is 0 Å². The third-order valence-corrected chi connectivity index (χ3v) is 4.64. The number of ether oxygens (including phenoxy) is 2. The zero-order chi connectivity index (χ0) is 17.0. The smallest absolute Gasteiger partial charge is 0.201 e. The van der Waals surface area contributed by atoms with Crippen LogP contribution in [-0.2, 0) is 14.5 Å². The van der Waals surface area contributed by atoms with Crippen LogP contribution in [0.4, 0.5) is 0 Å². The SMILES string of the molecule is C=C(c1ccc(OC(C)CO)cc1)C1COC2(CCCCC2)OO1. The summed E-state index contributed by atoms with van der Waals surface area (Å²) in [5, 5.41) is 9.03. The summed E-state index contributed by atoms with van der Waals surface area (Å²) in [6.45, 7) is 6.38. The molecule has 2 unspecified atom stereocenters. The lowest BCUT2D eigenvalue weighted by Gasteiger charge is -2.41. The van der Waals surface area contributed by atoms with Crippen molar-refractivity contribution >= 4 is 5.57 Å². The third-order valence-electron chi connectivity index (χ3n) is 4.64. The minimum Gasteiger partial charge on any atom is -0.488 e. The molecule has 0 radical (unpaired) electrons. The van der Waals surface area contributed by atoms with Gasteiger partial charge in [0.1, 0.15) is 18.0 Å². The minimum absolute atomic E-state index is 0.0131. The van der Waals surface area contributed by atoms with E-state index in [0.717, 1.165) is 36.8 Å². The largest absolute Gasteiger partial charge is 0.488 e. The van der Waals surface area contributed by atoms with Crippen LogP contribution in [-0.4, -0.2) is 36.3 Å². The van der Waals surface area contributed by atoms with Gasteiger partial charge in [-0.1, -0.05) is 25.1 Å². The fourth-order valence-corrected chi connectivity index (χ4v) is 3.10. The number of aliphatic hydroxyl groups is 1. The van der Waals surface area contributed by atoms with Gasteiger partial charge in [-0.3, -0.25) is 0 Å². The predicted octanol–water partition coefficient (Wildman–Crippen LogP) is 3.47. The molecule has 1 saturated carbocycles. The predicted molar refractivity (Wildman–Crippen MR) is 90.4 cm³/mol. The van der Waals surface area contributed by atoms with Crippen LogP contribution in [0.15, 0.2) is 30.8 Å². The van der Waals surface area contributed by atoms with Crippen molar-refractivity contribution in [2.45, 2.75) is 57.0 Å². The van der Waals surface area contributed by atoms with Gasteiger partial charge in [-0.05, 0) is 43.0 Å². The van der Waals surface area contributed by atoms with Crippen LogP contribution in [0.3, 0.4) is 0 Å². The van der Waals surface area contributed by atoms with Crippen molar-refractivity contribution in [3.8, 4) is 5.75 Å². The number of hydrogen-bond donors (Lipinski definition) is 1. The van der Waals surface area contributed by atoms with Gasteiger partial charge in [0, 0.05) is 12.8 Å². The average Bonchev–Trinajstić information content (AvgIpc) is 2.63. The van der Waals surface area contributed by atoms with E-state index in [-0.39, 0.29) is 18.8 Å². The van der Waals surface area contributed by atoms with Gasteiger partial charge in [0.05, 0.1) is 13.2 Å². The molecule has 1 heterocycles. The lowest BCUT2D eigenvalue weighted by molar-refractivity contribution is -0.483. The lowest BCUT2D eigenvalue weighted by Crippen LogP contribution is -2.46. The van der Waals surface area contributed by atoms with E-state index >= 15 is 0 Å².